The van der Waals surface area contributed by atoms with Crippen molar-refractivity contribution in [2.45, 2.75) is 39.0 Å². The van der Waals surface area contributed by atoms with Gasteiger partial charge in [0.05, 0.1) is 0 Å². The van der Waals surface area contributed by atoms with Crippen LogP contribution in [0.25, 0.3) is 0 Å². The highest BCUT2D eigenvalue weighted by molar-refractivity contribution is 6.80. The van der Waals surface area contributed by atoms with Crippen LogP contribution in [0.2, 0.25) is 6.55 Å². The average Bonchev–Trinajstić information content (AvgIpc) is 2.17. The summed E-state index contributed by atoms with van der Waals surface area (Å²) in [6, 6.07) is 10.3. The van der Waals surface area contributed by atoms with Crippen LogP contribution in [0.3, 0.4) is 0 Å². The van der Waals surface area contributed by atoms with E-state index in [9.17, 15) is 0 Å². The van der Waals surface area contributed by atoms with Crippen molar-refractivity contribution in [2.24, 2.45) is 0 Å². The topological polar surface area (TPSA) is 18.5 Å². The van der Waals surface area contributed by atoms with Gasteiger partial charge in [-0.2, -0.15) is 0 Å². The summed E-state index contributed by atoms with van der Waals surface area (Å²) in [4.78, 5) is 0. The second-order valence-electron chi connectivity index (χ2n) is 4.40. The van der Waals surface area contributed by atoms with Gasteiger partial charge in [0.15, 0.2) is 0 Å². The van der Waals surface area contributed by atoms with Gasteiger partial charge in [-0.15, -0.1) is 0 Å². The molecule has 1 fully saturated rings. The molecule has 1 heterocycles. The van der Waals surface area contributed by atoms with Crippen LogP contribution in [0.1, 0.15) is 20.3 Å². The lowest BCUT2D eigenvalue weighted by Gasteiger charge is -2.39. The quantitative estimate of drug-likeness (QED) is 0.678. The Labute approximate surface area is 92.5 Å². The minimum Gasteiger partial charge on any atom is -0.388 e. The third-order valence-corrected chi connectivity index (χ3v) is 5.90. The van der Waals surface area contributed by atoms with Crippen molar-refractivity contribution in [1.82, 2.24) is 0 Å². The lowest BCUT2D eigenvalue weighted by Crippen LogP contribution is -2.57. The molecule has 1 aliphatic rings. The van der Waals surface area contributed by atoms with Crippen molar-refractivity contribution in [3.63, 3.8) is 0 Å². The second-order valence-corrected chi connectivity index (χ2v) is 7.34. The zero-order valence-electron chi connectivity index (χ0n) is 9.57. The van der Waals surface area contributed by atoms with Gasteiger partial charge in [0.2, 0.25) is 0 Å². The molecule has 1 aromatic rings. The van der Waals surface area contributed by atoms with Crippen LogP contribution < -0.4 is 5.19 Å². The van der Waals surface area contributed by atoms with Gasteiger partial charge in [0, 0.05) is 12.2 Å². The Morgan fingerprint density at radius 2 is 1.60 bits per heavy atom. The first kappa shape index (κ1) is 10.9. The molecule has 1 aliphatic heterocycles. The fourth-order valence-corrected chi connectivity index (χ4v) is 5.09. The Bertz CT molecular complexity index is 316. The number of rotatable bonds is 1. The molecular formula is C12H18O2Si. The lowest BCUT2D eigenvalue weighted by atomic mass is 10.2. The number of benzene rings is 1. The minimum atomic E-state index is -2.14. The zero-order valence-corrected chi connectivity index (χ0v) is 10.6. The molecule has 0 amide bonds. The number of hydrogen-bond donors (Lipinski definition) is 0. The van der Waals surface area contributed by atoms with Crippen LogP contribution in [-0.2, 0) is 8.85 Å². The van der Waals surface area contributed by atoms with E-state index in [1.165, 1.54) is 5.19 Å². The summed E-state index contributed by atoms with van der Waals surface area (Å²) < 4.78 is 12.1. The molecule has 2 unspecified atom stereocenters. The van der Waals surface area contributed by atoms with Crippen molar-refractivity contribution in [1.29, 1.82) is 0 Å². The summed E-state index contributed by atoms with van der Waals surface area (Å²) in [5, 5.41) is 1.23. The van der Waals surface area contributed by atoms with Gasteiger partial charge in [-0.3, -0.25) is 0 Å². The SMILES string of the molecule is CC1CC(C)O[Si](C)(c2ccccc2)O1. The van der Waals surface area contributed by atoms with Gasteiger partial charge in [-0.1, -0.05) is 30.3 Å². The molecule has 2 rings (SSSR count). The minimum absolute atomic E-state index is 0.311. The molecular weight excluding hydrogens is 204 g/mol. The first-order chi connectivity index (χ1) is 7.10. The fourth-order valence-electron chi connectivity index (χ4n) is 2.24. The molecule has 0 aliphatic carbocycles. The van der Waals surface area contributed by atoms with Gasteiger partial charge >= 0.3 is 8.56 Å². The van der Waals surface area contributed by atoms with Gasteiger partial charge in [0.25, 0.3) is 0 Å². The van der Waals surface area contributed by atoms with Crippen LogP contribution >= 0.6 is 0 Å². The maximum Gasteiger partial charge on any atom is 0.369 e. The molecule has 0 bridgehead atoms. The van der Waals surface area contributed by atoms with Crippen LogP contribution in [0.15, 0.2) is 30.3 Å². The predicted octanol–water partition coefficient (Wildman–Crippen LogP) is 2.18. The average molecular weight is 222 g/mol. The summed E-state index contributed by atoms with van der Waals surface area (Å²) in [6.45, 7) is 6.40. The van der Waals surface area contributed by atoms with E-state index in [0.29, 0.717) is 12.2 Å². The third-order valence-electron chi connectivity index (χ3n) is 2.81. The van der Waals surface area contributed by atoms with Crippen LogP contribution in [0, 0.1) is 0 Å². The Balaban J connectivity index is 2.26. The van der Waals surface area contributed by atoms with E-state index in [-0.39, 0.29) is 0 Å². The Kier molecular flexibility index (Phi) is 2.95. The van der Waals surface area contributed by atoms with Gasteiger partial charge in [-0.05, 0) is 32.0 Å². The highest BCUT2D eigenvalue weighted by atomic mass is 28.4. The zero-order chi connectivity index (χ0) is 10.9. The highest BCUT2D eigenvalue weighted by Crippen LogP contribution is 2.23. The molecule has 15 heavy (non-hydrogen) atoms. The van der Waals surface area contributed by atoms with Crippen molar-refractivity contribution in [2.75, 3.05) is 0 Å². The molecule has 0 radical (unpaired) electrons. The molecule has 1 aromatic carbocycles. The van der Waals surface area contributed by atoms with Crippen molar-refractivity contribution < 1.29 is 8.85 Å². The molecule has 2 atom stereocenters. The maximum absolute atomic E-state index is 6.05. The summed E-state index contributed by atoms with van der Waals surface area (Å²) in [5.41, 5.74) is 0. The van der Waals surface area contributed by atoms with Crippen molar-refractivity contribution >= 4 is 13.7 Å². The summed E-state index contributed by atoms with van der Waals surface area (Å²) in [6.07, 6.45) is 1.62. The normalized spacial score (nSPS) is 36.5. The smallest absolute Gasteiger partial charge is 0.369 e. The van der Waals surface area contributed by atoms with E-state index in [1.54, 1.807) is 0 Å². The van der Waals surface area contributed by atoms with E-state index >= 15 is 0 Å². The Morgan fingerprint density at radius 1 is 1.07 bits per heavy atom. The summed E-state index contributed by atoms with van der Waals surface area (Å²) in [7, 11) is -2.14. The van der Waals surface area contributed by atoms with E-state index in [4.69, 9.17) is 8.85 Å². The standard InChI is InChI=1S/C12H18O2Si/c1-10-9-11(2)14-15(3,13-10)12-7-5-4-6-8-12/h4-8,10-11H,9H2,1-3H3. The fraction of sp³-hybridized carbons (Fsp3) is 0.500. The first-order valence-electron chi connectivity index (χ1n) is 5.51. The number of hydrogen-bond acceptors (Lipinski definition) is 2. The summed E-state index contributed by atoms with van der Waals surface area (Å²) >= 11 is 0. The molecule has 3 heteroatoms. The Morgan fingerprint density at radius 3 is 2.13 bits per heavy atom. The first-order valence-corrected chi connectivity index (χ1v) is 7.83. The predicted molar refractivity (Wildman–Crippen MR) is 63.4 cm³/mol. The largest absolute Gasteiger partial charge is 0.388 e. The second kappa shape index (κ2) is 4.08. The van der Waals surface area contributed by atoms with Crippen LogP contribution in [-0.4, -0.2) is 20.8 Å². The lowest BCUT2D eigenvalue weighted by molar-refractivity contribution is 0.0250. The van der Waals surface area contributed by atoms with Gasteiger partial charge < -0.3 is 8.85 Å². The van der Waals surface area contributed by atoms with E-state index in [1.807, 2.05) is 18.2 Å². The molecule has 0 N–H and O–H groups in total. The molecule has 0 aromatic heterocycles. The summed E-state index contributed by atoms with van der Waals surface area (Å²) in [5.74, 6) is 0. The van der Waals surface area contributed by atoms with Crippen LogP contribution in [0.5, 0.6) is 0 Å². The van der Waals surface area contributed by atoms with E-state index in [2.05, 4.69) is 32.5 Å². The van der Waals surface area contributed by atoms with E-state index < -0.39 is 8.56 Å². The molecule has 1 saturated heterocycles. The van der Waals surface area contributed by atoms with Crippen LogP contribution in [0.4, 0.5) is 0 Å². The molecule has 2 nitrogen and oxygen atoms in total. The molecule has 82 valence electrons. The Hall–Kier alpha value is -0.643. The van der Waals surface area contributed by atoms with Crippen molar-refractivity contribution in [3.05, 3.63) is 30.3 Å². The highest BCUT2D eigenvalue weighted by Gasteiger charge is 2.41. The molecule has 0 spiro atoms. The monoisotopic (exact) mass is 222 g/mol. The molecule has 0 saturated carbocycles. The van der Waals surface area contributed by atoms with Crippen molar-refractivity contribution in [3.8, 4) is 0 Å². The van der Waals surface area contributed by atoms with E-state index in [0.717, 1.165) is 6.42 Å². The van der Waals surface area contributed by atoms with Gasteiger partial charge in [-0.25, -0.2) is 0 Å². The maximum atomic E-state index is 6.05. The third kappa shape index (κ3) is 2.30. The van der Waals surface area contributed by atoms with Gasteiger partial charge in [0.1, 0.15) is 0 Å².